The van der Waals surface area contributed by atoms with Crippen LogP contribution in [0.4, 0.5) is 0 Å². The molecule has 0 heterocycles. The summed E-state index contributed by atoms with van der Waals surface area (Å²) in [7, 11) is 4.70. The number of ether oxygens (including phenoxy) is 3. The van der Waals surface area contributed by atoms with Crippen molar-refractivity contribution < 1.29 is 19.0 Å². The molecule has 1 amide bonds. The second-order valence-corrected chi connectivity index (χ2v) is 5.18. The predicted molar refractivity (Wildman–Crippen MR) is 85.6 cm³/mol. The average molecular weight is 310 g/mol. The fourth-order valence-corrected chi connectivity index (χ4v) is 2.00. The van der Waals surface area contributed by atoms with Crippen molar-refractivity contribution in [2.45, 2.75) is 19.8 Å². The van der Waals surface area contributed by atoms with Crippen molar-refractivity contribution in [3.8, 4) is 17.2 Å². The molecule has 1 atom stereocenters. The van der Waals surface area contributed by atoms with Crippen LogP contribution < -0.4 is 25.3 Å². The van der Waals surface area contributed by atoms with Gasteiger partial charge in [-0.2, -0.15) is 0 Å². The molecule has 0 aromatic heterocycles. The number of aryl methyl sites for hydroxylation is 1. The summed E-state index contributed by atoms with van der Waals surface area (Å²) in [6.45, 7) is 3.16. The lowest BCUT2D eigenvalue weighted by Crippen LogP contribution is -2.31. The maximum absolute atomic E-state index is 11.8. The van der Waals surface area contributed by atoms with Gasteiger partial charge in [0.15, 0.2) is 11.5 Å². The zero-order valence-electron chi connectivity index (χ0n) is 13.8. The lowest BCUT2D eigenvalue weighted by atomic mass is 10.1. The average Bonchev–Trinajstić information content (AvgIpc) is 2.56. The Hall–Kier alpha value is -1.95. The van der Waals surface area contributed by atoms with Crippen LogP contribution in [0, 0.1) is 5.92 Å². The molecule has 0 fully saturated rings. The van der Waals surface area contributed by atoms with E-state index in [0.717, 1.165) is 5.56 Å². The molecule has 0 aliphatic rings. The summed E-state index contributed by atoms with van der Waals surface area (Å²) < 4.78 is 15.9. The molecule has 1 aromatic rings. The third-order valence-corrected chi connectivity index (χ3v) is 3.42. The van der Waals surface area contributed by atoms with Gasteiger partial charge in [0.05, 0.1) is 21.3 Å². The van der Waals surface area contributed by atoms with Crippen molar-refractivity contribution >= 4 is 5.91 Å². The van der Waals surface area contributed by atoms with Crippen molar-refractivity contribution in [3.05, 3.63) is 17.7 Å². The Morgan fingerprint density at radius 1 is 1.18 bits per heavy atom. The van der Waals surface area contributed by atoms with E-state index in [9.17, 15) is 4.79 Å². The third-order valence-electron chi connectivity index (χ3n) is 3.42. The molecule has 0 saturated heterocycles. The molecule has 0 spiro atoms. The minimum Gasteiger partial charge on any atom is -0.493 e. The van der Waals surface area contributed by atoms with Gasteiger partial charge in [-0.15, -0.1) is 0 Å². The Balaban J connectivity index is 2.68. The number of hydrogen-bond acceptors (Lipinski definition) is 5. The summed E-state index contributed by atoms with van der Waals surface area (Å²) in [5.41, 5.74) is 6.48. The van der Waals surface area contributed by atoms with Crippen LogP contribution in [0.3, 0.4) is 0 Å². The number of methoxy groups -OCH3 is 3. The maximum atomic E-state index is 11.8. The standard InChI is InChI=1S/C16H26N2O4/c1-11(9-17)10-18-15(19)6-5-12-7-13(20-2)16(22-4)14(8-12)21-3/h7-8,11H,5-6,9-10,17H2,1-4H3,(H,18,19). The van der Waals surface area contributed by atoms with Gasteiger partial charge in [0, 0.05) is 13.0 Å². The number of nitrogens with one attached hydrogen (secondary N) is 1. The SMILES string of the molecule is COc1cc(CCC(=O)NCC(C)CN)cc(OC)c1OC. The predicted octanol–water partition coefficient (Wildman–Crippen LogP) is 1.36. The highest BCUT2D eigenvalue weighted by atomic mass is 16.5. The number of rotatable bonds is 9. The van der Waals surface area contributed by atoms with E-state index in [1.807, 2.05) is 19.1 Å². The summed E-state index contributed by atoms with van der Waals surface area (Å²) in [6, 6.07) is 3.72. The van der Waals surface area contributed by atoms with Gasteiger partial charge in [0.2, 0.25) is 11.7 Å². The molecule has 0 saturated carbocycles. The summed E-state index contributed by atoms with van der Waals surface area (Å²) in [6.07, 6.45) is 0.996. The van der Waals surface area contributed by atoms with Crippen molar-refractivity contribution in [2.75, 3.05) is 34.4 Å². The van der Waals surface area contributed by atoms with Crippen LogP contribution in [0.25, 0.3) is 0 Å². The van der Waals surface area contributed by atoms with E-state index in [-0.39, 0.29) is 11.8 Å². The second-order valence-electron chi connectivity index (χ2n) is 5.18. The highest BCUT2D eigenvalue weighted by molar-refractivity contribution is 5.76. The van der Waals surface area contributed by atoms with Gasteiger partial charge in [-0.05, 0) is 36.6 Å². The fourth-order valence-electron chi connectivity index (χ4n) is 2.00. The Morgan fingerprint density at radius 3 is 2.23 bits per heavy atom. The number of carbonyl (C=O) groups is 1. The van der Waals surface area contributed by atoms with Crippen LogP contribution >= 0.6 is 0 Å². The smallest absolute Gasteiger partial charge is 0.220 e. The molecule has 22 heavy (non-hydrogen) atoms. The number of amides is 1. The Labute approximate surface area is 131 Å². The number of hydrogen-bond donors (Lipinski definition) is 2. The molecule has 6 nitrogen and oxygen atoms in total. The minimum atomic E-state index is 0.00838. The first kappa shape index (κ1) is 18.1. The minimum absolute atomic E-state index is 0.00838. The van der Waals surface area contributed by atoms with Crippen molar-refractivity contribution in [1.82, 2.24) is 5.32 Å². The van der Waals surface area contributed by atoms with Crippen molar-refractivity contribution in [2.24, 2.45) is 11.7 Å². The third kappa shape index (κ3) is 5.11. The van der Waals surface area contributed by atoms with Gasteiger partial charge < -0.3 is 25.3 Å². The normalized spacial score (nSPS) is 11.7. The summed E-state index contributed by atoms with van der Waals surface area (Å²) in [5.74, 6) is 2.03. The van der Waals surface area contributed by atoms with E-state index in [1.165, 1.54) is 0 Å². The van der Waals surface area contributed by atoms with Gasteiger partial charge in [-0.3, -0.25) is 4.79 Å². The van der Waals surface area contributed by atoms with Gasteiger partial charge in [-0.25, -0.2) is 0 Å². The van der Waals surface area contributed by atoms with Gasteiger partial charge in [0.1, 0.15) is 0 Å². The molecule has 1 rings (SSSR count). The Kier molecular flexibility index (Phi) is 7.52. The molecule has 1 unspecified atom stereocenters. The van der Waals surface area contributed by atoms with Crippen LogP contribution in [-0.2, 0) is 11.2 Å². The second kappa shape index (κ2) is 9.15. The van der Waals surface area contributed by atoms with Gasteiger partial charge >= 0.3 is 0 Å². The number of benzene rings is 1. The van der Waals surface area contributed by atoms with E-state index in [4.69, 9.17) is 19.9 Å². The zero-order valence-corrected chi connectivity index (χ0v) is 13.8. The molecule has 1 aromatic carbocycles. The van der Waals surface area contributed by atoms with E-state index in [0.29, 0.717) is 43.2 Å². The first-order valence-electron chi connectivity index (χ1n) is 7.31. The number of nitrogens with two attached hydrogens (primary N) is 1. The first-order valence-corrected chi connectivity index (χ1v) is 7.31. The molecular weight excluding hydrogens is 284 g/mol. The van der Waals surface area contributed by atoms with Crippen LogP contribution in [0.5, 0.6) is 17.2 Å². The van der Waals surface area contributed by atoms with Crippen LogP contribution in [-0.4, -0.2) is 40.3 Å². The molecule has 0 aliphatic heterocycles. The molecule has 6 heteroatoms. The van der Waals surface area contributed by atoms with Crippen LogP contribution in [0.1, 0.15) is 18.9 Å². The summed E-state index contributed by atoms with van der Waals surface area (Å²) in [4.78, 5) is 11.8. The monoisotopic (exact) mass is 310 g/mol. The first-order chi connectivity index (χ1) is 10.5. The van der Waals surface area contributed by atoms with E-state index < -0.39 is 0 Å². The van der Waals surface area contributed by atoms with E-state index >= 15 is 0 Å². The van der Waals surface area contributed by atoms with Gasteiger partial charge in [0.25, 0.3) is 0 Å². The summed E-state index contributed by atoms with van der Waals surface area (Å²) in [5, 5.41) is 2.88. The largest absolute Gasteiger partial charge is 0.493 e. The van der Waals surface area contributed by atoms with Crippen molar-refractivity contribution in [3.63, 3.8) is 0 Å². The topological polar surface area (TPSA) is 82.8 Å². The Bertz CT molecular complexity index is 466. The molecule has 0 radical (unpaired) electrons. The Morgan fingerprint density at radius 2 is 1.77 bits per heavy atom. The van der Waals surface area contributed by atoms with Crippen LogP contribution in [0.15, 0.2) is 12.1 Å². The quantitative estimate of drug-likeness (QED) is 0.719. The van der Waals surface area contributed by atoms with Crippen LogP contribution in [0.2, 0.25) is 0 Å². The fraction of sp³-hybridized carbons (Fsp3) is 0.562. The van der Waals surface area contributed by atoms with E-state index in [1.54, 1.807) is 21.3 Å². The zero-order chi connectivity index (χ0) is 16.5. The molecule has 3 N–H and O–H groups in total. The number of carbonyl (C=O) groups excluding carboxylic acids is 1. The van der Waals surface area contributed by atoms with Gasteiger partial charge in [-0.1, -0.05) is 6.92 Å². The van der Waals surface area contributed by atoms with Crippen molar-refractivity contribution in [1.29, 1.82) is 0 Å². The highest BCUT2D eigenvalue weighted by Crippen LogP contribution is 2.38. The maximum Gasteiger partial charge on any atom is 0.220 e. The molecule has 0 aliphatic carbocycles. The lowest BCUT2D eigenvalue weighted by Gasteiger charge is -2.14. The lowest BCUT2D eigenvalue weighted by molar-refractivity contribution is -0.121. The molecule has 0 bridgehead atoms. The molecule has 124 valence electrons. The van der Waals surface area contributed by atoms with E-state index in [2.05, 4.69) is 5.32 Å². The molecular formula is C16H26N2O4. The highest BCUT2D eigenvalue weighted by Gasteiger charge is 2.14. The summed E-state index contributed by atoms with van der Waals surface area (Å²) >= 11 is 0.